The summed E-state index contributed by atoms with van der Waals surface area (Å²) in [5.41, 5.74) is 2.04. The first-order chi connectivity index (χ1) is 14.4. The van der Waals surface area contributed by atoms with Crippen LogP contribution in [0.15, 0.2) is 36.4 Å². The molecule has 7 heteroatoms. The average Bonchev–Trinajstić information content (AvgIpc) is 2.93. The Bertz CT molecular complexity index is 952. The molecule has 2 saturated heterocycles. The number of amides is 1. The first-order valence-electron chi connectivity index (χ1n) is 10.1. The van der Waals surface area contributed by atoms with Crippen molar-refractivity contribution in [2.75, 3.05) is 33.4 Å². The molecule has 2 heterocycles. The number of likely N-dealkylation sites (tertiary alicyclic amines) is 1. The summed E-state index contributed by atoms with van der Waals surface area (Å²) in [4.78, 5) is 14.6. The fraction of sp³-hybridized carbons (Fsp3) is 0.435. The average molecular weight is 416 g/mol. The number of carbonyl (C=O) groups excluding carboxylic acids is 1. The highest BCUT2D eigenvalue weighted by molar-refractivity contribution is 5.77. The van der Waals surface area contributed by atoms with Crippen molar-refractivity contribution < 1.29 is 23.0 Å². The lowest BCUT2D eigenvalue weighted by Crippen LogP contribution is -2.55. The highest BCUT2D eigenvalue weighted by atomic mass is 19.2. The lowest BCUT2D eigenvalue weighted by molar-refractivity contribution is -0.122. The fourth-order valence-corrected chi connectivity index (χ4v) is 4.72. The summed E-state index contributed by atoms with van der Waals surface area (Å²) in [5, 5.41) is 3.14. The number of carbonyl (C=O) groups is 1. The SMILES string of the molecule is COc1c(C)cccc1CN1C[C@@H](c2ccc(F)c(F)c2)[C@@]2(COCCC(=O)N2)C1. The van der Waals surface area contributed by atoms with E-state index in [0.29, 0.717) is 38.4 Å². The molecular formula is C23H26F2N2O3. The van der Waals surface area contributed by atoms with E-state index in [4.69, 9.17) is 9.47 Å². The number of ether oxygens (including phenoxy) is 2. The van der Waals surface area contributed by atoms with E-state index in [9.17, 15) is 13.6 Å². The van der Waals surface area contributed by atoms with Crippen molar-refractivity contribution in [3.63, 3.8) is 0 Å². The van der Waals surface area contributed by atoms with E-state index in [1.54, 1.807) is 13.2 Å². The molecule has 160 valence electrons. The van der Waals surface area contributed by atoms with Gasteiger partial charge in [0.2, 0.25) is 5.91 Å². The minimum atomic E-state index is -0.887. The number of hydrogen-bond donors (Lipinski definition) is 1. The summed E-state index contributed by atoms with van der Waals surface area (Å²) >= 11 is 0. The third-order valence-electron chi connectivity index (χ3n) is 6.07. The van der Waals surface area contributed by atoms with Gasteiger partial charge in [0.1, 0.15) is 5.75 Å². The van der Waals surface area contributed by atoms with Crippen LogP contribution in [-0.4, -0.2) is 49.8 Å². The molecule has 4 rings (SSSR count). The predicted molar refractivity (Wildman–Crippen MR) is 108 cm³/mol. The zero-order valence-corrected chi connectivity index (χ0v) is 17.2. The van der Waals surface area contributed by atoms with Gasteiger partial charge in [0.15, 0.2) is 11.6 Å². The van der Waals surface area contributed by atoms with Crippen LogP contribution < -0.4 is 10.1 Å². The number of aryl methyl sites for hydroxylation is 1. The van der Waals surface area contributed by atoms with Crippen LogP contribution in [0.5, 0.6) is 5.75 Å². The number of methoxy groups -OCH3 is 1. The van der Waals surface area contributed by atoms with Crippen LogP contribution in [0.1, 0.15) is 29.0 Å². The molecule has 2 aliphatic rings. The quantitative estimate of drug-likeness (QED) is 0.832. The summed E-state index contributed by atoms with van der Waals surface area (Å²) in [7, 11) is 1.65. The monoisotopic (exact) mass is 416 g/mol. The standard InChI is InChI=1S/C23H26F2N2O3/c1-15-4-3-5-17(22(15)29-2)11-27-12-18(16-6-7-19(24)20(25)10-16)23(13-27)14-30-9-8-21(28)26-23/h3-7,10,18H,8-9,11-14H2,1-2H3,(H,26,28)/t18-,23-/m0/s1. The van der Waals surface area contributed by atoms with Crippen molar-refractivity contribution in [1.29, 1.82) is 0 Å². The Balaban J connectivity index is 1.68. The Kier molecular flexibility index (Phi) is 5.75. The number of hydrogen-bond acceptors (Lipinski definition) is 4. The van der Waals surface area contributed by atoms with Crippen molar-refractivity contribution in [2.45, 2.75) is 31.3 Å². The highest BCUT2D eigenvalue weighted by Crippen LogP contribution is 2.39. The van der Waals surface area contributed by atoms with E-state index in [-0.39, 0.29) is 18.2 Å². The van der Waals surface area contributed by atoms with Crippen LogP contribution in [0, 0.1) is 18.6 Å². The molecule has 2 fully saturated rings. The maximum absolute atomic E-state index is 14.0. The minimum Gasteiger partial charge on any atom is -0.496 e. The van der Waals surface area contributed by atoms with E-state index < -0.39 is 17.2 Å². The Morgan fingerprint density at radius 1 is 1.27 bits per heavy atom. The minimum absolute atomic E-state index is 0.0879. The molecule has 0 aliphatic carbocycles. The Labute approximate surface area is 175 Å². The molecule has 0 saturated carbocycles. The summed E-state index contributed by atoms with van der Waals surface area (Å²) in [6.07, 6.45) is 0.290. The smallest absolute Gasteiger partial charge is 0.222 e. The molecule has 0 bridgehead atoms. The van der Waals surface area contributed by atoms with Crippen LogP contribution in [0.25, 0.3) is 0 Å². The number of nitrogens with zero attached hydrogens (tertiary/aromatic N) is 1. The van der Waals surface area contributed by atoms with Gasteiger partial charge in [0.25, 0.3) is 0 Å². The third kappa shape index (κ3) is 3.91. The normalized spacial score (nSPS) is 24.7. The number of para-hydroxylation sites is 1. The Morgan fingerprint density at radius 2 is 2.10 bits per heavy atom. The van der Waals surface area contributed by atoms with Gasteiger partial charge in [0, 0.05) is 37.5 Å². The van der Waals surface area contributed by atoms with E-state index >= 15 is 0 Å². The van der Waals surface area contributed by atoms with Gasteiger partial charge in [-0.15, -0.1) is 0 Å². The van der Waals surface area contributed by atoms with Crippen molar-refractivity contribution in [2.24, 2.45) is 0 Å². The van der Waals surface area contributed by atoms with Crippen molar-refractivity contribution in [3.05, 3.63) is 64.7 Å². The topological polar surface area (TPSA) is 50.8 Å². The molecule has 1 amide bonds. The zero-order valence-electron chi connectivity index (χ0n) is 17.2. The van der Waals surface area contributed by atoms with E-state index in [0.717, 1.165) is 22.9 Å². The molecule has 5 nitrogen and oxygen atoms in total. The molecular weight excluding hydrogens is 390 g/mol. The van der Waals surface area contributed by atoms with Crippen molar-refractivity contribution >= 4 is 5.91 Å². The second-order valence-electron chi connectivity index (χ2n) is 8.17. The Morgan fingerprint density at radius 3 is 2.87 bits per heavy atom. The maximum atomic E-state index is 14.0. The van der Waals surface area contributed by atoms with Crippen molar-refractivity contribution in [1.82, 2.24) is 10.2 Å². The largest absolute Gasteiger partial charge is 0.496 e. The molecule has 0 unspecified atom stereocenters. The number of benzene rings is 2. The molecule has 0 aromatic heterocycles. The van der Waals surface area contributed by atoms with Crippen LogP contribution in [0.3, 0.4) is 0 Å². The molecule has 2 aliphatic heterocycles. The Hall–Kier alpha value is -2.51. The van der Waals surface area contributed by atoms with Gasteiger partial charge in [0.05, 0.1) is 25.9 Å². The van der Waals surface area contributed by atoms with Crippen LogP contribution >= 0.6 is 0 Å². The summed E-state index contributed by atoms with van der Waals surface area (Å²) in [6.45, 7) is 4.40. The molecule has 0 radical (unpaired) electrons. The zero-order chi connectivity index (χ0) is 21.3. The second kappa shape index (κ2) is 8.32. The number of nitrogens with one attached hydrogen (secondary N) is 1. The summed E-state index contributed by atoms with van der Waals surface area (Å²) in [6, 6.07) is 9.98. The first kappa shape index (κ1) is 20.8. The fourth-order valence-electron chi connectivity index (χ4n) is 4.72. The van der Waals surface area contributed by atoms with Crippen molar-refractivity contribution in [3.8, 4) is 5.75 Å². The van der Waals surface area contributed by atoms with Crippen LogP contribution in [-0.2, 0) is 16.1 Å². The molecule has 2 aromatic rings. The van der Waals surface area contributed by atoms with Gasteiger partial charge in [-0.2, -0.15) is 0 Å². The number of rotatable bonds is 4. The predicted octanol–water partition coefficient (Wildman–Crippen LogP) is 3.16. The first-order valence-corrected chi connectivity index (χ1v) is 10.1. The van der Waals surface area contributed by atoms with Gasteiger partial charge in [-0.05, 0) is 30.2 Å². The molecule has 2 atom stereocenters. The molecule has 30 heavy (non-hydrogen) atoms. The van der Waals surface area contributed by atoms with E-state index in [1.807, 2.05) is 25.1 Å². The summed E-state index contributed by atoms with van der Waals surface area (Å²) < 4.78 is 38.9. The number of halogens is 2. The summed E-state index contributed by atoms with van der Waals surface area (Å²) in [5.74, 6) is -1.25. The van der Waals surface area contributed by atoms with Gasteiger partial charge in [-0.3, -0.25) is 9.69 Å². The van der Waals surface area contributed by atoms with Crippen LogP contribution in [0.2, 0.25) is 0 Å². The highest BCUT2D eigenvalue weighted by Gasteiger charge is 2.49. The van der Waals surface area contributed by atoms with Crippen LogP contribution in [0.4, 0.5) is 8.78 Å². The van der Waals surface area contributed by atoms with Gasteiger partial charge in [-0.1, -0.05) is 24.3 Å². The molecule has 2 aromatic carbocycles. The van der Waals surface area contributed by atoms with E-state index in [1.165, 1.54) is 6.07 Å². The molecule has 1 spiro atoms. The second-order valence-corrected chi connectivity index (χ2v) is 8.17. The lowest BCUT2D eigenvalue weighted by Gasteiger charge is -2.34. The lowest BCUT2D eigenvalue weighted by atomic mass is 9.82. The maximum Gasteiger partial charge on any atom is 0.222 e. The van der Waals surface area contributed by atoms with E-state index in [2.05, 4.69) is 10.2 Å². The van der Waals surface area contributed by atoms with Gasteiger partial charge in [-0.25, -0.2) is 8.78 Å². The van der Waals surface area contributed by atoms with Gasteiger partial charge >= 0.3 is 0 Å². The van der Waals surface area contributed by atoms with Gasteiger partial charge < -0.3 is 14.8 Å². The third-order valence-corrected chi connectivity index (χ3v) is 6.07. The molecule has 1 N–H and O–H groups in total.